The Bertz CT molecular complexity index is 1340. The lowest BCUT2D eigenvalue weighted by Crippen LogP contribution is -1.94. The molecule has 0 radical (unpaired) electrons. The van der Waals surface area contributed by atoms with Crippen LogP contribution in [-0.2, 0) is 7.05 Å². The maximum absolute atomic E-state index is 14.4. The summed E-state index contributed by atoms with van der Waals surface area (Å²) in [6, 6.07) is 14.4. The number of rotatable bonds is 3. The van der Waals surface area contributed by atoms with Crippen LogP contribution in [0, 0.1) is 5.82 Å². The van der Waals surface area contributed by atoms with Crippen molar-refractivity contribution in [2.24, 2.45) is 7.05 Å². The van der Waals surface area contributed by atoms with Crippen molar-refractivity contribution in [3.8, 4) is 33.5 Å². The van der Waals surface area contributed by atoms with E-state index in [9.17, 15) is 4.39 Å². The molecule has 0 bridgehead atoms. The van der Waals surface area contributed by atoms with Gasteiger partial charge in [-0.3, -0.25) is 9.67 Å². The number of hydrogen-bond acceptors (Lipinski definition) is 4. The zero-order valence-corrected chi connectivity index (χ0v) is 15.6. The highest BCUT2D eigenvalue weighted by molar-refractivity contribution is 5.95. The summed E-state index contributed by atoms with van der Waals surface area (Å²) in [4.78, 5) is 13.4. The molecule has 0 spiro atoms. The molecule has 0 unspecified atom stereocenters. The molecule has 0 aliphatic rings. The van der Waals surface area contributed by atoms with Gasteiger partial charge in [0.15, 0.2) is 5.65 Å². The minimum Gasteiger partial charge on any atom is -0.275 e. The van der Waals surface area contributed by atoms with Crippen LogP contribution < -0.4 is 0 Å². The summed E-state index contributed by atoms with van der Waals surface area (Å²) >= 11 is 0. The molecule has 4 heterocycles. The Hall–Kier alpha value is -3.93. The summed E-state index contributed by atoms with van der Waals surface area (Å²) in [6.45, 7) is 0. The summed E-state index contributed by atoms with van der Waals surface area (Å²) in [6.07, 6.45) is 9.04. The van der Waals surface area contributed by atoms with Gasteiger partial charge in [0.1, 0.15) is 5.82 Å². The summed E-state index contributed by atoms with van der Waals surface area (Å²) in [5, 5.41) is 5.12. The van der Waals surface area contributed by atoms with Gasteiger partial charge in [-0.25, -0.2) is 14.4 Å². The van der Waals surface area contributed by atoms with Crippen LogP contribution in [0.4, 0.5) is 4.39 Å². The molecule has 4 aromatic heterocycles. The van der Waals surface area contributed by atoms with E-state index in [1.54, 1.807) is 47.7 Å². The van der Waals surface area contributed by atoms with Crippen LogP contribution in [0.3, 0.4) is 0 Å². The highest BCUT2D eigenvalue weighted by Crippen LogP contribution is 2.33. The van der Waals surface area contributed by atoms with E-state index in [2.05, 4.69) is 26.1 Å². The molecule has 0 aliphatic carbocycles. The number of benzene rings is 1. The van der Waals surface area contributed by atoms with Crippen molar-refractivity contribution in [1.29, 1.82) is 0 Å². The Balaban J connectivity index is 1.74. The highest BCUT2D eigenvalue weighted by Gasteiger charge is 2.13. The van der Waals surface area contributed by atoms with Gasteiger partial charge in [0.2, 0.25) is 0 Å². The van der Waals surface area contributed by atoms with Crippen molar-refractivity contribution in [3.63, 3.8) is 0 Å². The van der Waals surface area contributed by atoms with Gasteiger partial charge in [0, 0.05) is 59.5 Å². The molecular formula is C23H16FN5. The third-order valence-electron chi connectivity index (χ3n) is 4.82. The van der Waals surface area contributed by atoms with Crippen LogP contribution in [0.15, 0.2) is 79.5 Å². The van der Waals surface area contributed by atoms with Gasteiger partial charge in [-0.05, 0) is 42.0 Å². The monoisotopic (exact) mass is 381 g/mol. The smallest absolute Gasteiger partial charge is 0.160 e. The first-order valence-electron chi connectivity index (χ1n) is 9.14. The average molecular weight is 381 g/mol. The van der Waals surface area contributed by atoms with Crippen LogP contribution in [0.5, 0.6) is 0 Å². The molecule has 5 aromatic rings. The predicted octanol–water partition coefficient (Wildman–Crippen LogP) is 4.90. The molecule has 5 rings (SSSR count). The fourth-order valence-electron chi connectivity index (χ4n) is 3.42. The minimum absolute atomic E-state index is 0.316. The van der Waals surface area contributed by atoms with Gasteiger partial charge < -0.3 is 0 Å². The Morgan fingerprint density at radius 2 is 1.72 bits per heavy atom. The number of hydrogen-bond donors (Lipinski definition) is 0. The van der Waals surface area contributed by atoms with Gasteiger partial charge in [0.25, 0.3) is 0 Å². The molecule has 0 atom stereocenters. The molecule has 6 heteroatoms. The molecule has 29 heavy (non-hydrogen) atoms. The van der Waals surface area contributed by atoms with E-state index in [1.807, 2.05) is 31.4 Å². The van der Waals surface area contributed by atoms with Crippen LogP contribution in [0.2, 0.25) is 0 Å². The van der Waals surface area contributed by atoms with E-state index in [0.717, 1.165) is 27.6 Å². The zero-order chi connectivity index (χ0) is 19.8. The molecule has 0 amide bonds. The second-order valence-corrected chi connectivity index (χ2v) is 6.77. The van der Waals surface area contributed by atoms with E-state index in [1.165, 1.54) is 6.07 Å². The number of halogens is 1. The second kappa shape index (κ2) is 6.91. The lowest BCUT2D eigenvalue weighted by Gasteiger charge is -2.11. The van der Waals surface area contributed by atoms with E-state index in [4.69, 9.17) is 0 Å². The van der Waals surface area contributed by atoms with Gasteiger partial charge in [-0.1, -0.05) is 12.1 Å². The number of aromatic nitrogens is 5. The largest absolute Gasteiger partial charge is 0.275 e. The Kier molecular flexibility index (Phi) is 4.09. The molecule has 0 saturated carbocycles. The van der Waals surface area contributed by atoms with Crippen molar-refractivity contribution in [3.05, 3.63) is 85.3 Å². The first-order valence-corrected chi connectivity index (χ1v) is 9.14. The van der Waals surface area contributed by atoms with E-state index >= 15 is 0 Å². The predicted molar refractivity (Wildman–Crippen MR) is 110 cm³/mol. The van der Waals surface area contributed by atoms with Crippen LogP contribution in [0.25, 0.3) is 44.5 Å². The lowest BCUT2D eigenvalue weighted by molar-refractivity contribution is 0.631. The van der Waals surface area contributed by atoms with E-state index in [-0.39, 0.29) is 5.82 Å². The zero-order valence-electron chi connectivity index (χ0n) is 15.6. The standard InChI is InChI=1S/C23H16FN5/c1-29-14-17(13-27-29)15-9-16(12-25-11-15)20-10-22(19-5-2-3-7-21(19)24)28-23-18(20)6-4-8-26-23/h2-14H,1H3. The fourth-order valence-corrected chi connectivity index (χ4v) is 3.42. The van der Waals surface area contributed by atoms with Crippen molar-refractivity contribution < 1.29 is 4.39 Å². The lowest BCUT2D eigenvalue weighted by atomic mass is 9.99. The van der Waals surface area contributed by atoms with E-state index in [0.29, 0.717) is 16.9 Å². The Morgan fingerprint density at radius 3 is 2.55 bits per heavy atom. The molecule has 0 aliphatic heterocycles. The van der Waals surface area contributed by atoms with Gasteiger partial charge in [-0.2, -0.15) is 5.10 Å². The first kappa shape index (κ1) is 17.2. The second-order valence-electron chi connectivity index (χ2n) is 6.77. The number of pyridine rings is 3. The van der Waals surface area contributed by atoms with Crippen molar-refractivity contribution in [2.45, 2.75) is 0 Å². The maximum Gasteiger partial charge on any atom is 0.160 e. The Morgan fingerprint density at radius 1 is 0.862 bits per heavy atom. The first-order chi connectivity index (χ1) is 14.2. The van der Waals surface area contributed by atoms with Crippen molar-refractivity contribution in [1.82, 2.24) is 24.7 Å². The van der Waals surface area contributed by atoms with Crippen molar-refractivity contribution in [2.75, 3.05) is 0 Å². The molecule has 1 aromatic carbocycles. The van der Waals surface area contributed by atoms with Gasteiger partial charge in [0.05, 0.1) is 11.9 Å². The third kappa shape index (κ3) is 3.14. The van der Waals surface area contributed by atoms with Gasteiger partial charge in [-0.15, -0.1) is 0 Å². The number of aryl methyl sites for hydroxylation is 1. The highest BCUT2D eigenvalue weighted by atomic mass is 19.1. The molecule has 5 nitrogen and oxygen atoms in total. The number of nitrogens with zero attached hydrogens (tertiary/aromatic N) is 5. The van der Waals surface area contributed by atoms with E-state index < -0.39 is 0 Å². The van der Waals surface area contributed by atoms with Gasteiger partial charge >= 0.3 is 0 Å². The summed E-state index contributed by atoms with van der Waals surface area (Å²) < 4.78 is 16.2. The normalized spacial score (nSPS) is 11.1. The molecule has 140 valence electrons. The summed E-state index contributed by atoms with van der Waals surface area (Å²) in [7, 11) is 1.88. The molecule has 0 fully saturated rings. The summed E-state index contributed by atoms with van der Waals surface area (Å²) in [5.74, 6) is -0.316. The third-order valence-corrected chi connectivity index (χ3v) is 4.82. The van der Waals surface area contributed by atoms with Crippen LogP contribution >= 0.6 is 0 Å². The van der Waals surface area contributed by atoms with Crippen LogP contribution in [-0.4, -0.2) is 24.7 Å². The number of fused-ring (bicyclic) bond motifs is 1. The van der Waals surface area contributed by atoms with Crippen LogP contribution in [0.1, 0.15) is 0 Å². The minimum atomic E-state index is -0.316. The maximum atomic E-state index is 14.4. The van der Waals surface area contributed by atoms with Crippen molar-refractivity contribution >= 4 is 11.0 Å². The molecule has 0 saturated heterocycles. The molecular weight excluding hydrogens is 365 g/mol. The SMILES string of the molecule is Cn1cc(-c2cncc(-c3cc(-c4ccccc4F)nc4ncccc34)c2)cn1. The molecule has 0 N–H and O–H groups in total. The summed E-state index contributed by atoms with van der Waals surface area (Å²) in [5.41, 5.74) is 5.29. The average Bonchev–Trinajstić information content (AvgIpc) is 3.20. The quantitative estimate of drug-likeness (QED) is 0.446. The Labute approximate surface area is 166 Å². The topological polar surface area (TPSA) is 56.5 Å². The fraction of sp³-hybridized carbons (Fsp3) is 0.0435.